The lowest BCUT2D eigenvalue weighted by atomic mass is 10.1. The van der Waals surface area contributed by atoms with Crippen molar-refractivity contribution in [3.8, 4) is 11.5 Å². The molecule has 8 heteroatoms. The normalized spacial score (nSPS) is 13.0. The van der Waals surface area contributed by atoms with Crippen LogP contribution in [0, 0.1) is 5.82 Å². The highest BCUT2D eigenvalue weighted by Gasteiger charge is 2.22. The van der Waals surface area contributed by atoms with Crippen LogP contribution in [0.25, 0.3) is 10.1 Å². The van der Waals surface area contributed by atoms with Gasteiger partial charge in [-0.1, -0.05) is 6.07 Å². The molecule has 0 atom stereocenters. The van der Waals surface area contributed by atoms with Crippen molar-refractivity contribution >= 4 is 48.9 Å². The van der Waals surface area contributed by atoms with Crippen molar-refractivity contribution in [3.05, 3.63) is 51.1 Å². The summed E-state index contributed by atoms with van der Waals surface area (Å²) < 4.78 is 32.0. The number of thiophene rings is 1. The summed E-state index contributed by atoms with van der Waals surface area (Å²) in [5.41, 5.74) is 1.09. The van der Waals surface area contributed by atoms with Crippen molar-refractivity contribution in [2.24, 2.45) is 0 Å². The lowest BCUT2D eigenvalue weighted by molar-refractivity contribution is 0.102. The maximum Gasteiger partial charge on any atom is 0.266 e. The fraction of sp³-hybridized carbons (Fsp3) is 0.211. The van der Waals surface area contributed by atoms with Crippen LogP contribution in [0.15, 0.2) is 34.8 Å². The maximum absolute atomic E-state index is 14.3. The maximum atomic E-state index is 14.3. The van der Waals surface area contributed by atoms with Crippen molar-refractivity contribution in [2.75, 3.05) is 25.6 Å². The number of benzene rings is 2. The Morgan fingerprint density at radius 1 is 1.30 bits per heavy atom. The Kier molecular flexibility index (Phi) is 5.03. The van der Waals surface area contributed by atoms with E-state index in [0.29, 0.717) is 55.4 Å². The summed E-state index contributed by atoms with van der Waals surface area (Å²) in [6.07, 6.45) is 0. The number of amides is 1. The van der Waals surface area contributed by atoms with Gasteiger partial charge in [0, 0.05) is 39.4 Å². The van der Waals surface area contributed by atoms with E-state index < -0.39 is 0 Å². The van der Waals surface area contributed by atoms with E-state index in [9.17, 15) is 9.18 Å². The third-order valence-corrected chi connectivity index (χ3v) is 5.99. The summed E-state index contributed by atoms with van der Waals surface area (Å²) in [6.45, 7) is 1.08. The average molecular weight is 452 g/mol. The Morgan fingerprint density at radius 2 is 2.04 bits per heavy atom. The number of halogens is 2. The molecular formula is C19H15BrFNO4S. The van der Waals surface area contributed by atoms with Gasteiger partial charge in [-0.25, -0.2) is 4.39 Å². The van der Waals surface area contributed by atoms with Crippen LogP contribution >= 0.6 is 27.3 Å². The largest absolute Gasteiger partial charge is 0.486 e. The van der Waals surface area contributed by atoms with Crippen molar-refractivity contribution < 1.29 is 23.4 Å². The van der Waals surface area contributed by atoms with Crippen LogP contribution in [0.2, 0.25) is 0 Å². The third kappa shape index (κ3) is 3.40. The average Bonchev–Trinajstić information content (AvgIpc) is 3.03. The van der Waals surface area contributed by atoms with E-state index in [4.69, 9.17) is 14.2 Å². The van der Waals surface area contributed by atoms with Gasteiger partial charge < -0.3 is 19.5 Å². The molecule has 3 aromatic rings. The van der Waals surface area contributed by atoms with E-state index in [1.54, 1.807) is 24.3 Å². The van der Waals surface area contributed by atoms with Crippen LogP contribution < -0.4 is 14.8 Å². The van der Waals surface area contributed by atoms with Gasteiger partial charge >= 0.3 is 0 Å². The molecular weight excluding hydrogens is 437 g/mol. The van der Waals surface area contributed by atoms with Crippen molar-refractivity contribution in [1.82, 2.24) is 0 Å². The monoisotopic (exact) mass is 451 g/mol. The fourth-order valence-electron chi connectivity index (χ4n) is 2.97. The molecule has 1 N–H and O–H groups in total. The summed E-state index contributed by atoms with van der Waals surface area (Å²) in [7, 11) is 1.52. The van der Waals surface area contributed by atoms with Gasteiger partial charge in [-0.2, -0.15) is 0 Å². The number of fused-ring (bicyclic) bond motifs is 2. The quantitative estimate of drug-likeness (QED) is 0.607. The zero-order valence-electron chi connectivity index (χ0n) is 14.3. The molecule has 0 radical (unpaired) electrons. The molecule has 27 heavy (non-hydrogen) atoms. The third-order valence-electron chi connectivity index (χ3n) is 4.14. The van der Waals surface area contributed by atoms with E-state index >= 15 is 0 Å². The molecule has 0 saturated heterocycles. The SMILES string of the molecule is COCc1c(C(=O)Nc2cc3c(cc2Br)OCCO3)sc2cccc(F)c12. The fourth-order valence-corrected chi connectivity index (χ4v) is 4.51. The van der Waals surface area contributed by atoms with Gasteiger partial charge in [0.25, 0.3) is 5.91 Å². The molecule has 0 fully saturated rings. The molecule has 5 nitrogen and oxygen atoms in total. The minimum Gasteiger partial charge on any atom is -0.486 e. The molecule has 2 heterocycles. The summed E-state index contributed by atoms with van der Waals surface area (Å²) in [6, 6.07) is 8.27. The Labute approximate surface area is 167 Å². The Hall–Kier alpha value is -2.16. The smallest absolute Gasteiger partial charge is 0.266 e. The Balaban J connectivity index is 1.71. The van der Waals surface area contributed by atoms with E-state index in [0.717, 1.165) is 0 Å². The standard InChI is InChI=1S/C19H15BrFNO4S/c1-24-9-10-17-12(21)3-2-4-16(17)27-18(10)19(23)22-13-8-15-14(7-11(13)20)25-5-6-26-15/h2-4,7-8H,5-6,9H2,1H3,(H,22,23). The molecule has 1 aromatic heterocycles. The summed E-state index contributed by atoms with van der Waals surface area (Å²) in [5.74, 6) is 0.491. The first-order valence-corrected chi connectivity index (χ1v) is 9.78. The number of ether oxygens (including phenoxy) is 3. The summed E-state index contributed by atoms with van der Waals surface area (Å²) >= 11 is 4.68. The van der Waals surface area contributed by atoms with Gasteiger partial charge in [0.2, 0.25) is 0 Å². The van der Waals surface area contributed by atoms with Crippen molar-refractivity contribution in [3.63, 3.8) is 0 Å². The second-order valence-corrected chi connectivity index (χ2v) is 7.79. The van der Waals surface area contributed by atoms with Gasteiger partial charge in [-0.05, 0) is 28.1 Å². The zero-order valence-corrected chi connectivity index (χ0v) is 16.7. The van der Waals surface area contributed by atoms with Gasteiger partial charge in [0.15, 0.2) is 11.5 Å². The minimum atomic E-state index is -0.365. The van der Waals surface area contributed by atoms with E-state index in [-0.39, 0.29) is 18.3 Å². The van der Waals surface area contributed by atoms with Crippen LogP contribution in [0.3, 0.4) is 0 Å². The molecule has 140 valence electrons. The number of methoxy groups -OCH3 is 1. The number of nitrogens with one attached hydrogen (secondary N) is 1. The lowest BCUT2D eigenvalue weighted by Gasteiger charge is -2.20. The number of anilines is 1. The molecule has 1 aliphatic rings. The highest BCUT2D eigenvalue weighted by Crippen LogP contribution is 2.39. The van der Waals surface area contributed by atoms with Gasteiger partial charge in [0.05, 0.1) is 17.2 Å². The first-order chi connectivity index (χ1) is 13.1. The molecule has 2 aromatic carbocycles. The number of rotatable bonds is 4. The summed E-state index contributed by atoms with van der Waals surface area (Å²) in [5, 5.41) is 3.29. The van der Waals surface area contributed by atoms with Gasteiger partial charge in [-0.3, -0.25) is 4.79 Å². The Bertz CT molecular complexity index is 1040. The minimum absolute atomic E-state index is 0.145. The van der Waals surface area contributed by atoms with Crippen LogP contribution in [-0.4, -0.2) is 26.2 Å². The molecule has 0 unspecified atom stereocenters. The number of hydrogen-bond donors (Lipinski definition) is 1. The number of carbonyl (C=O) groups is 1. The Morgan fingerprint density at radius 3 is 2.78 bits per heavy atom. The number of hydrogen-bond acceptors (Lipinski definition) is 5. The topological polar surface area (TPSA) is 56.8 Å². The number of carbonyl (C=O) groups excluding carboxylic acids is 1. The lowest BCUT2D eigenvalue weighted by Crippen LogP contribution is -2.17. The second kappa shape index (κ2) is 7.46. The second-order valence-electron chi connectivity index (χ2n) is 5.89. The van der Waals surface area contributed by atoms with E-state index in [1.807, 2.05) is 0 Å². The molecule has 0 spiro atoms. The predicted molar refractivity (Wildman–Crippen MR) is 106 cm³/mol. The van der Waals surface area contributed by atoms with Crippen LogP contribution in [0.1, 0.15) is 15.2 Å². The first-order valence-electron chi connectivity index (χ1n) is 8.18. The molecule has 4 rings (SSSR count). The van der Waals surface area contributed by atoms with Crippen LogP contribution in [0.4, 0.5) is 10.1 Å². The van der Waals surface area contributed by atoms with E-state index in [2.05, 4.69) is 21.2 Å². The van der Waals surface area contributed by atoms with Gasteiger partial charge in [0.1, 0.15) is 19.0 Å². The predicted octanol–water partition coefficient (Wildman–Crippen LogP) is 4.97. The van der Waals surface area contributed by atoms with Crippen molar-refractivity contribution in [1.29, 1.82) is 0 Å². The highest BCUT2D eigenvalue weighted by molar-refractivity contribution is 9.10. The van der Waals surface area contributed by atoms with Gasteiger partial charge in [-0.15, -0.1) is 11.3 Å². The van der Waals surface area contributed by atoms with Crippen molar-refractivity contribution in [2.45, 2.75) is 6.61 Å². The van der Waals surface area contributed by atoms with Crippen LogP contribution in [0.5, 0.6) is 11.5 Å². The zero-order chi connectivity index (χ0) is 19.0. The summed E-state index contributed by atoms with van der Waals surface area (Å²) in [4.78, 5) is 13.4. The molecule has 0 bridgehead atoms. The van der Waals surface area contributed by atoms with Crippen LogP contribution in [-0.2, 0) is 11.3 Å². The molecule has 0 aliphatic carbocycles. The van der Waals surface area contributed by atoms with E-state index in [1.165, 1.54) is 24.5 Å². The first kappa shape index (κ1) is 18.2. The molecule has 0 saturated carbocycles. The molecule has 1 amide bonds. The highest BCUT2D eigenvalue weighted by atomic mass is 79.9. The molecule has 1 aliphatic heterocycles.